The average molecular weight is 433 g/mol. The zero-order chi connectivity index (χ0) is 21.8. The van der Waals surface area contributed by atoms with E-state index in [4.69, 9.17) is 4.74 Å². The van der Waals surface area contributed by atoms with Crippen LogP contribution in [-0.2, 0) is 24.5 Å². The molecule has 0 aliphatic heterocycles. The van der Waals surface area contributed by atoms with Crippen LogP contribution in [0, 0.1) is 6.92 Å². The fourth-order valence-electron chi connectivity index (χ4n) is 3.58. The van der Waals surface area contributed by atoms with E-state index in [-0.39, 0.29) is 12.3 Å². The predicted molar refractivity (Wildman–Crippen MR) is 125 cm³/mol. The number of H-pyrrole nitrogens is 1. The van der Waals surface area contributed by atoms with Crippen molar-refractivity contribution < 1.29 is 4.74 Å². The molecule has 5 nitrogen and oxygen atoms in total. The SMILES string of the molecule is CCc1c(Sc2cccc3ccccc23)n(COCc2cccc(C)c2)c(=O)[nH]c1=O. The van der Waals surface area contributed by atoms with Gasteiger partial charge < -0.3 is 4.74 Å². The third kappa shape index (κ3) is 4.65. The largest absolute Gasteiger partial charge is 0.356 e. The van der Waals surface area contributed by atoms with Crippen LogP contribution < -0.4 is 11.2 Å². The molecule has 0 saturated carbocycles. The molecule has 0 radical (unpaired) electrons. The lowest BCUT2D eigenvalue weighted by molar-refractivity contribution is 0.0550. The molecule has 0 aliphatic carbocycles. The number of aryl methyl sites for hydroxylation is 1. The van der Waals surface area contributed by atoms with Gasteiger partial charge in [0.25, 0.3) is 5.56 Å². The van der Waals surface area contributed by atoms with Gasteiger partial charge in [-0.15, -0.1) is 0 Å². The summed E-state index contributed by atoms with van der Waals surface area (Å²) >= 11 is 1.43. The molecule has 1 heterocycles. The molecule has 0 bridgehead atoms. The first-order valence-corrected chi connectivity index (χ1v) is 11.0. The maximum absolute atomic E-state index is 12.7. The standard InChI is InChI=1S/C25H24N2O3S/c1-3-20-23(28)26-25(29)27(16-30-15-18-9-6-8-17(2)14-18)24(20)31-22-13-7-11-19-10-4-5-12-21(19)22/h4-14H,3,15-16H2,1-2H3,(H,26,28,29). The van der Waals surface area contributed by atoms with Gasteiger partial charge in [-0.05, 0) is 35.7 Å². The van der Waals surface area contributed by atoms with Crippen LogP contribution in [0.2, 0.25) is 0 Å². The Kier molecular flexibility index (Phi) is 6.39. The number of nitrogens with one attached hydrogen (secondary N) is 1. The van der Waals surface area contributed by atoms with Crippen molar-refractivity contribution in [2.45, 2.75) is 43.5 Å². The van der Waals surface area contributed by atoms with Crippen LogP contribution >= 0.6 is 11.8 Å². The summed E-state index contributed by atoms with van der Waals surface area (Å²) in [7, 11) is 0. The van der Waals surface area contributed by atoms with Gasteiger partial charge in [-0.3, -0.25) is 14.3 Å². The summed E-state index contributed by atoms with van der Waals surface area (Å²) in [6.45, 7) is 4.39. The minimum atomic E-state index is -0.464. The second-order valence-corrected chi connectivity index (χ2v) is 8.40. The molecular formula is C25H24N2O3S. The maximum Gasteiger partial charge on any atom is 0.331 e. The summed E-state index contributed by atoms with van der Waals surface area (Å²) in [5.74, 6) is 0. The van der Waals surface area contributed by atoms with Crippen molar-refractivity contribution in [3.63, 3.8) is 0 Å². The van der Waals surface area contributed by atoms with Gasteiger partial charge in [0.1, 0.15) is 6.73 Å². The Labute approximate surface area is 184 Å². The minimum absolute atomic E-state index is 0.0592. The summed E-state index contributed by atoms with van der Waals surface area (Å²) in [6, 6.07) is 22.2. The molecule has 4 rings (SSSR count). The van der Waals surface area contributed by atoms with Crippen molar-refractivity contribution in [3.05, 3.63) is 104 Å². The van der Waals surface area contributed by atoms with Gasteiger partial charge in [0.2, 0.25) is 0 Å². The van der Waals surface area contributed by atoms with E-state index in [1.165, 1.54) is 16.3 Å². The summed E-state index contributed by atoms with van der Waals surface area (Å²) < 4.78 is 7.39. The first kappa shape index (κ1) is 21.2. The minimum Gasteiger partial charge on any atom is -0.356 e. The fourth-order valence-corrected chi connectivity index (χ4v) is 4.84. The Morgan fingerprint density at radius 2 is 1.77 bits per heavy atom. The van der Waals surface area contributed by atoms with E-state index in [9.17, 15) is 9.59 Å². The molecule has 31 heavy (non-hydrogen) atoms. The Balaban J connectivity index is 1.70. The number of nitrogens with zero attached hydrogens (tertiary/aromatic N) is 1. The molecule has 4 aromatic rings. The zero-order valence-electron chi connectivity index (χ0n) is 17.6. The van der Waals surface area contributed by atoms with Gasteiger partial charge in [0.15, 0.2) is 0 Å². The number of aromatic amines is 1. The number of ether oxygens (including phenoxy) is 1. The van der Waals surface area contributed by atoms with Crippen LogP contribution in [-0.4, -0.2) is 9.55 Å². The summed E-state index contributed by atoms with van der Waals surface area (Å²) in [6.07, 6.45) is 0.514. The molecule has 0 unspecified atom stereocenters. The monoisotopic (exact) mass is 432 g/mol. The second kappa shape index (κ2) is 9.37. The maximum atomic E-state index is 12.7. The molecule has 0 amide bonds. The Morgan fingerprint density at radius 1 is 1.00 bits per heavy atom. The van der Waals surface area contributed by atoms with E-state index < -0.39 is 5.69 Å². The average Bonchev–Trinajstić information content (AvgIpc) is 2.76. The van der Waals surface area contributed by atoms with Crippen molar-refractivity contribution in [1.29, 1.82) is 0 Å². The van der Waals surface area contributed by atoms with E-state index in [1.807, 2.05) is 62.4 Å². The molecule has 0 spiro atoms. The lowest BCUT2D eigenvalue weighted by Gasteiger charge is -2.16. The van der Waals surface area contributed by atoms with Gasteiger partial charge >= 0.3 is 5.69 Å². The molecule has 0 saturated heterocycles. The van der Waals surface area contributed by atoms with E-state index in [0.717, 1.165) is 26.8 Å². The molecule has 0 fully saturated rings. The Bertz CT molecular complexity index is 1340. The number of rotatable bonds is 7. The number of benzene rings is 3. The highest BCUT2D eigenvalue weighted by Crippen LogP contribution is 2.34. The molecular weight excluding hydrogens is 408 g/mol. The van der Waals surface area contributed by atoms with Gasteiger partial charge in [0.05, 0.1) is 11.6 Å². The molecule has 6 heteroatoms. The highest BCUT2D eigenvalue weighted by atomic mass is 32.2. The van der Waals surface area contributed by atoms with Gasteiger partial charge in [-0.25, -0.2) is 4.79 Å². The molecule has 158 valence electrons. The number of aromatic nitrogens is 2. The van der Waals surface area contributed by atoms with Crippen molar-refractivity contribution in [2.24, 2.45) is 0 Å². The van der Waals surface area contributed by atoms with E-state index in [1.54, 1.807) is 0 Å². The van der Waals surface area contributed by atoms with Crippen LogP contribution in [0.4, 0.5) is 0 Å². The quantitative estimate of drug-likeness (QED) is 0.423. The highest BCUT2D eigenvalue weighted by molar-refractivity contribution is 7.99. The smallest absolute Gasteiger partial charge is 0.331 e. The van der Waals surface area contributed by atoms with Crippen molar-refractivity contribution in [3.8, 4) is 0 Å². The van der Waals surface area contributed by atoms with Crippen LogP contribution in [0.3, 0.4) is 0 Å². The summed E-state index contributed by atoms with van der Waals surface area (Å²) in [5, 5.41) is 2.81. The third-order valence-electron chi connectivity index (χ3n) is 5.12. The van der Waals surface area contributed by atoms with Crippen LogP contribution in [0.25, 0.3) is 10.8 Å². The predicted octanol–water partition coefficient (Wildman–Crippen LogP) is 4.89. The van der Waals surface area contributed by atoms with Crippen molar-refractivity contribution in [2.75, 3.05) is 0 Å². The number of hydrogen-bond donors (Lipinski definition) is 1. The van der Waals surface area contributed by atoms with Gasteiger partial charge in [0, 0.05) is 10.5 Å². The summed E-state index contributed by atoms with van der Waals surface area (Å²) in [5.41, 5.74) is 1.97. The number of hydrogen-bond acceptors (Lipinski definition) is 4. The van der Waals surface area contributed by atoms with Gasteiger partial charge in [-0.1, -0.05) is 84.9 Å². The first-order valence-electron chi connectivity index (χ1n) is 10.2. The molecule has 1 aromatic heterocycles. The fraction of sp³-hybridized carbons (Fsp3) is 0.200. The lowest BCUT2D eigenvalue weighted by atomic mass is 10.1. The first-order chi connectivity index (χ1) is 15.1. The van der Waals surface area contributed by atoms with Crippen LogP contribution in [0.5, 0.6) is 0 Å². The van der Waals surface area contributed by atoms with E-state index >= 15 is 0 Å². The van der Waals surface area contributed by atoms with Gasteiger partial charge in [-0.2, -0.15) is 0 Å². The second-order valence-electron chi connectivity index (χ2n) is 7.37. The molecule has 1 N–H and O–H groups in total. The molecule has 0 aliphatic rings. The number of fused-ring (bicyclic) bond motifs is 1. The third-order valence-corrected chi connectivity index (χ3v) is 6.36. The molecule has 3 aromatic carbocycles. The van der Waals surface area contributed by atoms with Crippen LogP contribution in [0.15, 0.2) is 86.2 Å². The van der Waals surface area contributed by atoms with Crippen molar-refractivity contribution >= 4 is 22.5 Å². The van der Waals surface area contributed by atoms with Crippen molar-refractivity contribution in [1.82, 2.24) is 9.55 Å². The lowest BCUT2D eigenvalue weighted by Crippen LogP contribution is -2.34. The topological polar surface area (TPSA) is 64.1 Å². The summed E-state index contributed by atoms with van der Waals surface area (Å²) in [4.78, 5) is 28.6. The van der Waals surface area contributed by atoms with E-state index in [0.29, 0.717) is 23.6 Å². The Hall–Kier alpha value is -3.09. The highest BCUT2D eigenvalue weighted by Gasteiger charge is 2.16. The van der Waals surface area contributed by atoms with Crippen LogP contribution in [0.1, 0.15) is 23.6 Å². The zero-order valence-corrected chi connectivity index (χ0v) is 18.4. The molecule has 0 atom stereocenters. The Morgan fingerprint density at radius 3 is 2.58 bits per heavy atom. The normalized spacial score (nSPS) is 11.2. The van der Waals surface area contributed by atoms with E-state index in [2.05, 4.69) is 23.2 Å².